The van der Waals surface area contributed by atoms with Crippen molar-refractivity contribution in [1.82, 2.24) is 0 Å². The lowest BCUT2D eigenvalue weighted by molar-refractivity contribution is 0.329. The minimum Gasteiger partial charge on any atom is -0.0579 e. The van der Waals surface area contributed by atoms with E-state index in [9.17, 15) is 0 Å². The topological polar surface area (TPSA) is 0 Å². The highest BCUT2D eigenvalue weighted by atomic mass is 14.4. The molecular weight excluding hydrogens is 228 g/mol. The second-order valence-electron chi connectivity index (χ2n) is 8.52. The molecule has 19 heavy (non-hydrogen) atoms. The molecule has 0 radical (unpaired) electrons. The summed E-state index contributed by atoms with van der Waals surface area (Å²) >= 11 is 0. The van der Waals surface area contributed by atoms with Crippen LogP contribution in [-0.2, 0) is 16.2 Å². The van der Waals surface area contributed by atoms with Crippen molar-refractivity contribution in [1.29, 1.82) is 0 Å². The van der Waals surface area contributed by atoms with Gasteiger partial charge >= 0.3 is 0 Å². The van der Waals surface area contributed by atoms with Crippen molar-refractivity contribution in [2.75, 3.05) is 0 Å². The van der Waals surface area contributed by atoms with Crippen molar-refractivity contribution in [3.8, 4) is 0 Å². The summed E-state index contributed by atoms with van der Waals surface area (Å²) in [6.45, 7) is 17.7. The molecule has 0 N–H and O–H groups in total. The summed E-state index contributed by atoms with van der Waals surface area (Å²) in [5, 5.41) is 0. The second-order valence-corrected chi connectivity index (χ2v) is 8.52. The molecule has 1 aromatic carbocycles. The van der Waals surface area contributed by atoms with Crippen molar-refractivity contribution in [2.45, 2.75) is 84.5 Å². The van der Waals surface area contributed by atoms with Gasteiger partial charge in [-0.15, -0.1) is 0 Å². The van der Waals surface area contributed by atoms with Crippen LogP contribution in [0.3, 0.4) is 0 Å². The lowest BCUT2D eigenvalue weighted by atomic mass is 9.61. The molecule has 0 saturated heterocycles. The zero-order valence-electron chi connectivity index (χ0n) is 15.9. The lowest BCUT2D eigenvalue weighted by Gasteiger charge is -2.44. The first-order valence-electron chi connectivity index (χ1n) is 8.46. The zero-order chi connectivity index (χ0) is 16.4. The second kappa shape index (κ2) is 4.11. The molecule has 0 aromatic heterocycles. The lowest BCUT2D eigenvalue weighted by Crippen LogP contribution is -2.35. The van der Waals surface area contributed by atoms with Crippen molar-refractivity contribution >= 4 is 0 Å². The van der Waals surface area contributed by atoms with Gasteiger partial charge in [-0.25, -0.2) is 0 Å². The van der Waals surface area contributed by atoms with E-state index >= 15 is 0 Å². The first-order chi connectivity index (χ1) is 9.31. The minimum atomic E-state index is -0.0936. The van der Waals surface area contributed by atoms with E-state index in [-0.39, 0.29) is 16.2 Å². The Kier molecular flexibility index (Phi) is 2.59. The Morgan fingerprint density at radius 2 is 1.53 bits per heavy atom. The van der Waals surface area contributed by atoms with E-state index in [1.54, 1.807) is 0 Å². The average molecular weight is 260 g/mol. The highest BCUT2D eigenvalue weighted by Crippen LogP contribution is 2.48. The van der Waals surface area contributed by atoms with Crippen molar-refractivity contribution in [3.63, 3.8) is 0 Å². The molecule has 0 amide bonds. The van der Waals surface area contributed by atoms with Crippen LogP contribution < -0.4 is 0 Å². The van der Waals surface area contributed by atoms with Crippen LogP contribution in [0.4, 0.5) is 0 Å². The van der Waals surface area contributed by atoms with Crippen LogP contribution >= 0.6 is 0 Å². The number of hydrogen-bond acceptors (Lipinski definition) is 0. The van der Waals surface area contributed by atoms with Crippen LogP contribution in [-0.4, -0.2) is 0 Å². The third-order valence-corrected chi connectivity index (χ3v) is 4.79. The summed E-state index contributed by atoms with van der Waals surface area (Å²) in [7, 11) is 0. The van der Waals surface area contributed by atoms with Gasteiger partial charge in [0.05, 0.1) is 2.74 Å². The van der Waals surface area contributed by atoms with Crippen LogP contribution in [0, 0.1) is 6.92 Å². The summed E-state index contributed by atoms with van der Waals surface area (Å²) in [5.41, 5.74) is 4.76. The van der Waals surface area contributed by atoms with Gasteiger partial charge in [-0.05, 0) is 58.3 Å². The first kappa shape index (κ1) is 12.0. The third kappa shape index (κ3) is 2.35. The maximum Gasteiger partial charge on any atom is 0.0626 e. The normalized spacial score (nSPS) is 22.5. The molecule has 0 fully saturated rings. The predicted molar refractivity (Wildman–Crippen MR) is 85.2 cm³/mol. The van der Waals surface area contributed by atoms with Crippen LogP contribution in [0.2, 0.25) is 0 Å². The first-order valence-corrected chi connectivity index (χ1v) is 7.46. The fourth-order valence-corrected chi connectivity index (χ4v) is 3.57. The van der Waals surface area contributed by atoms with E-state index in [1.807, 2.05) is 0 Å². The van der Waals surface area contributed by atoms with Gasteiger partial charge in [0.1, 0.15) is 0 Å². The molecule has 0 saturated carbocycles. The zero-order valence-corrected chi connectivity index (χ0v) is 13.9. The van der Waals surface area contributed by atoms with Gasteiger partial charge in [0.15, 0.2) is 0 Å². The molecule has 0 heterocycles. The van der Waals surface area contributed by atoms with Crippen molar-refractivity contribution in [2.24, 2.45) is 0 Å². The monoisotopic (exact) mass is 260 g/mol. The Morgan fingerprint density at radius 1 is 1.00 bits per heavy atom. The molecule has 0 spiro atoms. The van der Waals surface area contributed by atoms with E-state index in [2.05, 4.69) is 55.4 Å². The van der Waals surface area contributed by atoms with Crippen LogP contribution in [0.15, 0.2) is 12.1 Å². The summed E-state index contributed by atoms with van der Waals surface area (Å²) in [6, 6.07) is 0.892. The highest BCUT2D eigenvalue weighted by molar-refractivity contribution is 5.51. The van der Waals surface area contributed by atoms with Crippen LogP contribution in [0.5, 0.6) is 0 Å². The molecule has 0 atom stereocenters. The van der Waals surface area contributed by atoms with E-state index < -0.39 is 0 Å². The largest absolute Gasteiger partial charge is 0.0626 e. The fourth-order valence-electron chi connectivity index (χ4n) is 3.57. The fraction of sp³-hybridized carbons (Fsp3) is 0.684. The van der Waals surface area contributed by atoms with E-state index in [0.29, 0.717) is 12.1 Å². The van der Waals surface area contributed by atoms with Crippen LogP contribution in [0.25, 0.3) is 0 Å². The molecule has 1 aliphatic rings. The molecule has 0 bridgehead atoms. The third-order valence-electron chi connectivity index (χ3n) is 4.79. The Morgan fingerprint density at radius 3 is 2.05 bits per heavy atom. The van der Waals surface area contributed by atoms with Crippen molar-refractivity contribution < 1.29 is 2.74 Å². The quantitative estimate of drug-likeness (QED) is 0.566. The van der Waals surface area contributed by atoms with Gasteiger partial charge in [0.25, 0.3) is 0 Å². The maximum absolute atomic E-state index is 8.64. The molecule has 106 valence electrons. The van der Waals surface area contributed by atoms with Gasteiger partial charge in [-0.3, -0.25) is 0 Å². The van der Waals surface area contributed by atoms with E-state index in [0.717, 1.165) is 24.0 Å². The smallest absolute Gasteiger partial charge is 0.0579 e. The molecule has 1 aromatic rings. The van der Waals surface area contributed by atoms with Crippen LogP contribution in [0.1, 0.15) is 86.3 Å². The standard InChI is InChI=1S/C19H30/c1-13-14(17(2,3)4)9-10-15-16(13)19(7,8)12-11-18(15,5)6/h9-10H,11-12H2,1-8H3/i9D,10D. The summed E-state index contributed by atoms with van der Waals surface area (Å²) < 4.78 is 17.2. The molecule has 2 rings (SSSR count). The Hall–Kier alpha value is -0.780. The Bertz CT molecular complexity index is 587. The molecular formula is C19H30. The number of benzene rings is 1. The summed E-state index contributed by atoms with van der Waals surface area (Å²) in [4.78, 5) is 0. The highest BCUT2D eigenvalue weighted by Gasteiger charge is 2.39. The van der Waals surface area contributed by atoms with E-state index in [4.69, 9.17) is 2.74 Å². The molecule has 0 nitrogen and oxygen atoms in total. The molecule has 0 unspecified atom stereocenters. The number of rotatable bonds is 0. The number of fused-ring (bicyclic) bond motifs is 1. The summed E-state index contributed by atoms with van der Waals surface area (Å²) in [6.07, 6.45) is 2.24. The molecule has 0 aliphatic heterocycles. The van der Waals surface area contributed by atoms with E-state index in [1.165, 1.54) is 11.1 Å². The SMILES string of the molecule is [2H]c1c([2H])c2c(c(C)c1C(C)(C)C)C(C)(C)CCC2(C)C. The molecule has 1 aliphatic carbocycles. The van der Waals surface area contributed by atoms with Gasteiger partial charge in [0, 0.05) is 0 Å². The van der Waals surface area contributed by atoms with Gasteiger partial charge in [-0.1, -0.05) is 60.6 Å². The predicted octanol–water partition coefficient (Wildman–Crippen LogP) is 5.64. The summed E-state index contributed by atoms with van der Waals surface area (Å²) in [5.74, 6) is 0. The van der Waals surface area contributed by atoms with Gasteiger partial charge in [-0.2, -0.15) is 0 Å². The Labute approximate surface area is 122 Å². The Balaban J connectivity index is 2.97. The average Bonchev–Trinajstić information content (AvgIpc) is 2.28. The van der Waals surface area contributed by atoms with Gasteiger partial charge < -0.3 is 0 Å². The number of hydrogen-bond donors (Lipinski definition) is 0. The van der Waals surface area contributed by atoms with Crippen molar-refractivity contribution in [3.05, 3.63) is 34.3 Å². The molecule has 0 heteroatoms. The maximum atomic E-state index is 8.64. The van der Waals surface area contributed by atoms with Gasteiger partial charge in [0.2, 0.25) is 0 Å². The minimum absolute atomic E-state index is 0.00108.